The molecule has 4 nitrogen and oxygen atoms in total. The molecule has 6 heteroatoms. The van der Waals surface area contributed by atoms with Crippen LogP contribution in [0.3, 0.4) is 0 Å². The van der Waals surface area contributed by atoms with E-state index in [1.807, 2.05) is 12.1 Å². The van der Waals surface area contributed by atoms with Crippen LogP contribution in [0, 0.1) is 18.6 Å². The van der Waals surface area contributed by atoms with Gasteiger partial charge in [-0.15, -0.1) is 0 Å². The number of carbonyl (C=O) groups excluding carboxylic acids is 1. The Labute approximate surface area is 172 Å². The van der Waals surface area contributed by atoms with E-state index in [1.165, 1.54) is 18.2 Å². The average molecular weight is 408 g/mol. The first kappa shape index (κ1) is 19.6. The van der Waals surface area contributed by atoms with E-state index in [0.717, 1.165) is 5.56 Å². The van der Waals surface area contributed by atoms with Crippen LogP contribution in [-0.2, 0) is 6.61 Å². The van der Waals surface area contributed by atoms with Gasteiger partial charge in [0, 0.05) is 6.07 Å². The number of allylic oxidation sites excluding steroid dienone is 1. The minimum Gasteiger partial charge on any atom is -0.497 e. The molecule has 0 amide bonds. The van der Waals surface area contributed by atoms with Crippen LogP contribution in [0.25, 0.3) is 6.08 Å². The zero-order valence-corrected chi connectivity index (χ0v) is 16.4. The lowest BCUT2D eigenvalue weighted by molar-refractivity contribution is 0.101. The van der Waals surface area contributed by atoms with E-state index in [-0.39, 0.29) is 23.7 Å². The van der Waals surface area contributed by atoms with Crippen LogP contribution in [0.15, 0.2) is 60.4 Å². The predicted molar refractivity (Wildman–Crippen MR) is 108 cm³/mol. The highest BCUT2D eigenvalue weighted by molar-refractivity contribution is 6.15. The molecule has 0 saturated carbocycles. The summed E-state index contributed by atoms with van der Waals surface area (Å²) in [6, 6.07) is 14.1. The lowest BCUT2D eigenvalue weighted by atomic mass is 10.0. The molecule has 152 valence electrons. The first-order chi connectivity index (χ1) is 14.5. The van der Waals surface area contributed by atoms with E-state index < -0.39 is 11.6 Å². The summed E-state index contributed by atoms with van der Waals surface area (Å²) in [7, 11) is 1.58. The smallest absolute Gasteiger partial charge is 0.232 e. The van der Waals surface area contributed by atoms with E-state index >= 15 is 0 Å². The van der Waals surface area contributed by atoms with Crippen molar-refractivity contribution in [2.75, 3.05) is 7.11 Å². The minimum atomic E-state index is -0.677. The fraction of sp³-hybridized carbons (Fsp3) is 0.125. The van der Waals surface area contributed by atoms with Crippen LogP contribution in [0.5, 0.6) is 17.2 Å². The molecule has 3 aromatic rings. The maximum absolute atomic E-state index is 13.8. The summed E-state index contributed by atoms with van der Waals surface area (Å²) >= 11 is 0. The lowest BCUT2D eigenvalue weighted by Crippen LogP contribution is -2.02. The van der Waals surface area contributed by atoms with Crippen molar-refractivity contribution in [2.24, 2.45) is 0 Å². The van der Waals surface area contributed by atoms with Crippen LogP contribution in [0.2, 0.25) is 0 Å². The summed E-state index contributed by atoms with van der Waals surface area (Å²) in [6.07, 6.45) is 1.65. The Kier molecular flexibility index (Phi) is 5.23. The van der Waals surface area contributed by atoms with Gasteiger partial charge in [-0.1, -0.05) is 18.2 Å². The number of rotatable bonds is 5. The largest absolute Gasteiger partial charge is 0.497 e. The number of hydrogen-bond acceptors (Lipinski definition) is 4. The van der Waals surface area contributed by atoms with E-state index in [1.54, 1.807) is 44.4 Å². The van der Waals surface area contributed by atoms with Gasteiger partial charge in [-0.3, -0.25) is 4.79 Å². The number of ketones is 1. The van der Waals surface area contributed by atoms with Crippen molar-refractivity contribution in [3.8, 4) is 17.2 Å². The molecule has 0 unspecified atom stereocenters. The number of fused-ring (bicyclic) bond motifs is 1. The maximum atomic E-state index is 13.8. The molecule has 0 aromatic heterocycles. The average Bonchev–Trinajstić information content (AvgIpc) is 3.04. The number of benzene rings is 3. The minimum absolute atomic E-state index is 0.160. The summed E-state index contributed by atoms with van der Waals surface area (Å²) in [6.45, 7) is 1.48. The summed E-state index contributed by atoms with van der Waals surface area (Å²) in [5.41, 5.74) is 1.72. The monoisotopic (exact) mass is 408 g/mol. The molecular formula is C24H18F2O4. The van der Waals surface area contributed by atoms with E-state index in [9.17, 15) is 13.6 Å². The van der Waals surface area contributed by atoms with Crippen molar-refractivity contribution in [3.63, 3.8) is 0 Å². The Bertz CT molecular complexity index is 1130. The zero-order valence-electron chi connectivity index (χ0n) is 16.4. The van der Waals surface area contributed by atoms with Crippen molar-refractivity contribution in [1.29, 1.82) is 0 Å². The van der Waals surface area contributed by atoms with Crippen molar-refractivity contribution >= 4 is 11.9 Å². The van der Waals surface area contributed by atoms with Gasteiger partial charge in [-0.2, -0.15) is 0 Å². The molecule has 1 aliphatic rings. The van der Waals surface area contributed by atoms with Gasteiger partial charge in [-0.05, 0) is 54.5 Å². The van der Waals surface area contributed by atoms with Gasteiger partial charge >= 0.3 is 0 Å². The molecule has 0 saturated heterocycles. The molecule has 0 atom stereocenters. The van der Waals surface area contributed by atoms with Gasteiger partial charge in [0.2, 0.25) is 5.78 Å². The molecule has 3 aromatic carbocycles. The Hall–Kier alpha value is -3.67. The second-order valence-electron chi connectivity index (χ2n) is 6.82. The normalized spacial score (nSPS) is 13.9. The van der Waals surface area contributed by atoms with Crippen LogP contribution in [-0.4, -0.2) is 12.9 Å². The molecule has 0 N–H and O–H groups in total. The van der Waals surface area contributed by atoms with Crippen molar-refractivity contribution < 1.29 is 27.8 Å². The Morgan fingerprint density at radius 1 is 1.00 bits per heavy atom. The van der Waals surface area contributed by atoms with Gasteiger partial charge in [0.1, 0.15) is 35.5 Å². The molecule has 0 radical (unpaired) electrons. The highest BCUT2D eigenvalue weighted by atomic mass is 19.1. The maximum Gasteiger partial charge on any atom is 0.232 e. The Morgan fingerprint density at radius 3 is 2.37 bits per heavy atom. The quantitative estimate of drug-likeness (QED) is 0.525. The van der Waals surface area contributed by atoms with Crippen LogP contribution < -0.4 is 14.2 Å². The third-order valence-corrected chi connectivity index (χ3v) is 4.80. The number of hydrogen-bond donors (Lipinski definition) is 0. The topological polar surface area (TPSA) is 44.8 Å². The van der Waals surface area contributed by atoms with Crippen molar-refractivity contribution in [3.05, 3.63) is 94.2 Å². The zero-order chi connectivity index (χ0) is 21.3. The van der Waals surface area contributed by atoms with Gasteiger partial charge in [0.05, 0.1) is 18.2 Å². The SMILES string of the molecule is COc1ccc(/C=C2\Oc3cc(OCc4c(F)cccc4F)cc(C)c3C2=O)cc1. The van der Waals surface area contributed by atoms with Gasteiger partial charge < -0.3 is 14.2 Å². The number of methoxy groups -OCH3 is 1. The number of Topliss-reactive ketones (excluding diaryl/α,β-unsaturated/α-hetero) is 1. The highest BCUT2D eigenvalue weighted by Gasteiger charge is 2.30. The summed E-state index contributed by atoms with van der Waals surface area (Å²) in [5, 5.41) is 0. The van der Waals surface area contributed by atoms with Gasteiger partial charge in [-0.25, -0.2) is 8.78 Å². The lowest BCUT2D eigenvalue weighted by Gasteiger charge is -2.10. The number of halogens is 2. The van der Waals surface area contributed by atoms with Crippen molar-refractivity contribution in [2.45, 2.75) is 13.5 Å². The second kappa shape index (κ2) is 7.99. The molecule has 30 heavy (non-hydrogen) atoms. The molecule has 0 aliphatic carbocycles. The van der Waals surface area contributed by atoms with Crippen LogP contribution in [0.4, 0.5) is 8.78 Å². The third-order valence-electron chi connectivity index (χ3n) is 4.80. The van der Waals surface area contributed by atoms with E-state index in [0.29, 0.717) is 28.4 Å². The number of ether oxygens (including phenoxy) is 3. The molecule has 1 heterocycles. The predicted octanol–water partition coefficient (Wildman–Crippen LogP) is 5.48. The first-order valence-electron chi connectivity index (χ1n) is 9.25. The number of carbonyl (C=O) groups is 1. The molecule has 0 spiro atoms. The first-order valence-corrected chi connectivity index (χ1v) is 9.25. The molecule has 1 aliphatic heterocycles. The standard InChI is InChI=1S/C24H18F2O4/c1-14-10-17(29-13-18-19(25)4-3-5-20(18)26)12-21-23(14)24(27)22(30-21)11-15-6-8-16(28-2)9-7-15/h3-12H,13H2,1-2H3/b22-11-. The fourth-order valence-electron chi connectivity index (χ4n) is 3.24. The molecule has 0 fully saturated rings. The third kappa shape index (κ3) is 3.76. The summed E-state index contributed by atoms with van der Waals surface area (Å²) in [5.74, 6) is 0.0211. The summed E-state index contributed by atoms with van der Waals surface area (Å²) in [4.78, 5) is 12.8. The van der Waals surface area contributed by atoms with Gasteiger partial charge in [0.25, 0.3) is 0 Å². The van der Waals surface area contributed by atoms with Crippen LogP contribution in [0.1, 0.15) is 27.0 Å². The van der Waals surface area contributed by atoms with E-state index in [4.69, 9.17) is 14.2 Å². The van der Waals surface area contributed by atoms with E-state index in [2.05, 4.69) is 0 Å². The highest BCUT2D eigenvalue weighted by Crippen LogP contribution is 2.38. The molecule has 0 bridgehead atoms. The molecular weight excluding hydrogens is 390 g/mol. The number of aryl methyl sites for hydroxylation is 1. The fourth-order valence-corrected chi connectivity index (χ4v) is 3.24. The Balaban J connectivity index is 1.57. The molecule has 4 rings (SSSR count). The summed E-state index contributed by atoms with van der Waals surface area (Å²) < 4.78 is 44.1. The Morgan fingerprint density at radius 2 is 1.70 bits per heavy atom. The van der Waals surface area contributed by atoms with Crippen molar-refractivity contribution in [1.82, 2.24) is 0 Å². The second-order valence-corrected chi connectivity index (χ2v) is 6.82. The van der Waals surface area contributed by atoms with Gasteiger partial charge in [0.15, 0.2) is 5.76 Å². The van der Waals surface area contributed by atoms with Crippen LogP contribution >= 0.6 is 0 Å².